The van der Waals surface area contributed by atoms with Crippen molar-refractivity contribution in [3.8, 4) is 0 Å². The van der Waals surface area contributed by atoms with Gasteiger partial charge in [0.1, 0.15) is 0 Å². The molecule has 0 radical (unpaired) electrons. The molecule has 0 atom stereocenters. The van der Waals surface area contributed by atoms with E-state index in [-0.39, 0.29) is 5.91 Å². The Bertz CT molecular complexity index is 623. The van der Waals surface area contributed by atoms with Gasteiger partial charge < -0.3 is 10.2 Å². The molecule has 2 aromatic carbocycles. The molecule has 1 amide bonds. The van der Waals surface area contributed by atoms with E-state index in [0.29, 0.717) is 19.5 Å². The zero-order valence-electron chi connectivity index (χ0n) is 13.6. The standard InChI is InChI=1S/C19H24N2O/c1-4-21(18-8-6-5-7-9-18)19(22)12-13-20-17-11-10-15(2)16(3)14-17/h5-11,14,20H,4,12-13H2,1-3H3. The number of carbonyl (C=O) groups excluding carboxylic acids is 1. The summed E-state index contributed by atoms with van der Waals surface area (Å²) in [6.07, 6.45) is 0.482. The van der Waals surface area contributed by atoms with Crippen molar-refractivity contribution in [1.29, 1.82) is 0 Å². The lowest BCUT2D eigenvalue weighted by Gasteiger charge is -2.21. The van der Waals surface area contributed by atoms with E-state index >= 15 is 0 Å². The summed E-state index contributed by atoms with van der Waals surface area (Å²) in [6, 6.07) is 16.1. The second-order valence-corrected chi connectivity index (χ2v) is 5.45. The minimum absolute atomic E-state index is 0.144. The molecule has 0 aliphatic rings. The number of nitrogens with zero attached hydrogens (tertiary/aromatic N) is 1. The van der Waals surface area contributed by atoms with E-state index < -0.39 is 0 Å². The lowest BCUT2D eigenvalue weighted by molar-refractivity contribution is -0.118. The SMILES string of the molecule is CCN(C(=O)CCNc1ccc(C)c(C)c1)c1ccccc1. The number of amides is 1. The highest BCUT2D eigenvalue weighted by Gasteiger charge is 2.12. The zero-order chi connectivity index (χ0) is 15.9. The third kappa shape index (κ3) is 4.10. The molecule has 0 unspecified atom stereocenters. The van der Waals surface area contributed by atoms with Crippen molar-refractivity contribution >= 4 is 17.3 Å². The molecular weight excluding hydrogens is 272 g/mol. The summed E-state index contributed by atoms with van der Waals surface area (Å²) >= 11 is 0. The molecule has 22 heavy (non-hydrogen) atoms. The number of carbonyl (C=O) groups is 1. The van der Waals surface area contributed by atoms with Crippen molar-refractivity contribution in [2.75, 3.05) is 23.3 Å². The average Bonchev–Trinajstić information content (AvgIpc) is 2.52. The lowest BCUT2D eigenvalue weighted by Crippen LogP contribution is -2.31. The summed E-state index contributed by atoms with van der Waals surface area (Å²) in [5.74, 6) is 0.144. The highest BCUT2D eigenvalue weighted by Crippen LogP contribution is 2.16. The summed E-state index contributed by atoms with van der Waals surface area (Å²) < 4.78 is 0. The fourth-order valence-corrected chi connectivity index (χ4v) is 2.41. The van der Waals surface area contributed by atoms with Crippen molar-refractivity contribution in [3.63, 3.8) is 0 Å². The molecule has 0 saturated carbocycles. The molecule has 0 aliphatic heterocycles. The summed E-state index contributed by atoms with van der Waals surface area (Å²) in [6.45, 7) is 7.53. The van der Waals surface area contributed by atoms with Gasteiger partial charge in [-0.1, -0.05) is 24.3 Å². The van der Waals surface area contributed by atoms with Crippen LogP contribution in [0.4, 0.5) is 11.4 Å². The Balaban J connectivity index is 1.90. The number of anilines is 2. The normalized spacial score (nSPS) is 10.3. The van der Waals surface area contributed by atoms with Crippen LogP contribution in [0.1, 0.15) is 24.5 Å². The number of para-hydroxylation sites is 1. The molecule has 0 spiro atoms. The van der Waals surface area contributed by atoms with Crippen molar-refractivity contribution < 1.29 is 4.79 Å². The molecule has 2 aromatic rings. The summed E-state index contributed by atoms with van der Waals surface area (Å²) in [4.78, 5) is 14.2. The van der Waals surface area contributed by atoms with E-state index in [4.69, 9.17) is 0 Å². The highest BCUT2D eigenvalue weighted by molar-refractivity contribution is 5.93. The van der Waals surface area contributed by atoms with Crippen LogP contribution in [0, 0.1) is 13.8 Å². The number of hydrogen-bond acceptors (Lipinski definition) is 2. The first-order valence-corrected chi connectivity index (χ1v) is 7.78. The first-order valence-electron chi connectivity index (χ1n) is 7.78. The highest BCUT2D eigenvalue weighted by atomic mass is 16.2. The van der Waals surface area contributed by atoms with E-state index in [1.54, 1.807) is 0 Å². The minimum Gasteiger partial charge on any atom is -0.385 e. The van der Waals surface area contributed by atoms with Crippen LogP contribution in [0.3, 0.4) is 0 Å². The molecular formula is C19H24N2O. The van der Waals surface area contributed by atoms with Crippen LogP contribution < -0.4 is 10.2 Å². The number of hydrogen-bond donors (Lipinski definition) is 1. The Morgan fingerprint density at radius 2 is 1.77 bits per heavy atom. The van der Waals surface area contributed by atoms with Crippen LogP contribution in [0.25, 0.3) is 0 Å². The second kappa shape index (κ2) is 7.64. The molecule has 2 rings (SSSR count). The maximum absolute atomic E-state index is 12.4. The van der Waals surface area contributed by atoms with Gasteiger partial charge in [-0.2, -0.15) is 0 Å². The minimum atomic E-state index is 0.144. The molecule has 0 saturated heterocycles. The van der Waals surface area contributed by atoms with Crippen LogP contribution in [0.15, 0.2) is 48.5 Å². The maximum Gasteiger partial charge on any atom is 0.228 e. The van der Waals surface area contributed by atoms with Gasteiger partial charge in [0.25, 0.3) is 0 Å². The molecule has 0 fully saturated rings. The Kier molecular flexibility index (Phi) is 5.59. The summed E-state index contributed by atoms with van der Waals surface area (Å²) in [5.41, 5.74) is 4.57. The van der Waals surface area contributed by atoms with Crippen molar-refractivity contribution in [1.82, 2.24) is 0 Å². The smallest absolute Gasteiger partial charge is 0.228 e. The topological polar surface area (TPSA) is 32.3 Å². The van der Waals surface area contributed by atoms with Crippen molar-refractivity contribution in [3.05, 3.63) is 59.7 Å². The molecule has 116 valence electrons. The van der Waals surface area contributed by atoms with Crippen LogP contribution in [-0.2, 0) is 4.79 Å². The monoisotopic (exact) mass is 296 g/mol. The molecule has 0 aliphatic carbocycles. The van der Waals surface area contributed by atoms with Gasteiger partial charge >= 0.3 is 0 Å². The molecule has 0 aromatic heterocycles. The quantitative estimate of drug-likeness (QED) is 0.868. The van der Waals surface area contributed by atoms with Gasteiger partial charge in [0.05, 0.1) is 0 Å². The lowest BCUT2D eigenvalue weighted by atomic mass is 10.1. The van der Waals surface area contributed by atoms with Gasteiger partial charge in [-0.05, 0) is 56.2 Å². The van der Waals surface area contributed by atoms with Gasteiger partial charge in [-0.25, -0.2) is 0 Å². The first-order chi connectivity index (χ1) is 10.6. The molecule has 3 nitrogen and oxygen atoms in total. The number of benzene rings is 2. The Labute approximate surface area is 133 Å². The van der Waals surface area contributed by atoms with Gasteiger partial charge in [-0.15, -0.1) is 0 Å². The van der Waals surface area contributed by atoms with Crippen LogP contribution in [-0.4, -0.2) is 19.0 Å². The zero-order valence-corrected chi connectivity index (χ0v) is 13.6. The maximum atomic E-state index is 12.4. The molecule has 0 bridgehead atoms. The molecule has 0 heterocycles. The molecule has 1 N–H and O–H groups in total. The van der Waals surface area contributed by atoms with E-state index in [2.05, 4.69) is 37.4 Å². The van der Waals surface area contributed by atoms with Gasteiger partial charge in [0.2, 0.25) is 5.91 Å². The van der Waals surface area contributed by atoms with Crippen molar-refractivity contribution in [2.24, 2.45) is 0 Å². The Morgan fingerprint density at radius 1 is 1.05 bits per heavy atom. The first kappa shape index (κ1) is 16.1. The second-order valence-electron chi connectivity index (χ2n) is 5.45. The fourth-order valence-electron chi connectivity index (χ4n) is 2.41. The third-order valence-corrected chi connectivity index (χ3v) is 3.86. The summed E-state index contributed by atoms with van der Waals surface area (Å²) in [5, 5.41) is 3.33. The average molecular weight is 296 g/mol. The predicted molar refractivity (Wildman–Crippen MR) is 93.5 cm³/mol. The van der Waals surface area contributed by atoms with E-state index in [1.165, 1.54) is 11.1 Å². The number of aryl methyl sites for hydroxylation is 2. The van der Waals surface area contributed by atoms with Crippen LogP contribution in [0.2, 0.25) is 0 Å². The molecule has 3 heteroatoms. The Hall–Kier alpha value is -2.29. The fraction of sp³-hybridized carbons (Fsp3) is 0.316. The van der Waals surface area contributed by atoms with E-state index in [9.17, 15) is 4.79 Å². The largest absolute Gasteiger partial charge is 0.385 e. The van der Waals surface area contributed by atoms with Crippen LogP contribution >= 0.6 is 0 Å². The predicted octanol–water partition coefficient (Wildman–Crippen LogP) is 4.16. The number of nitrogens with one attached hydrogen (secondary N) is 1. The van der Waals surface area contributed by atoms with Gasteiger partial charge in [0.15, 0.2) is 0 Å². The summed E-state index contributed by atoms with van der Waals surface area (Å²) in [7, 11) is 0. The van der Waals surface area contributed by atoms with E-state index in [1.807, 2.05) is 42.2 Å². The van der Waals surface area contributed by atoms with Crippen molar-refractivity contribution in [2.45, 2.75) is 27.2 Å². The van der Waals surface area contributed by atoms with E-state index in [0.717, 1.165) is 11.4 Å². The number of rotatable bonds is 6. The van der Waals surface area contributed by atoms with Gasteiger partial charge in [-0.3, -0.25) is 4.79 Å². The van der Waals surface area contributed by atoms with Gasteiger partial charge in [0, 0.05) is 30.9 Å². The Morgan fingerprint density at radius 3 is 2.41 bits per heavy atom. The third-order valence-electron chi connectivity index (χ3n) is 3.86. The van der Waals surface area contributed by atoms with Crippen LogP contribution in [0.5, 0.6) is 0 Å².